The number of hydrogen-bond donors (Lipinski definition) is 1. The highest BCUT2D eigenvalue weighted by Gasteiger charge is 2.28. The summed E-state index contributed by atoms with van der Waals surface area (Å²) in [5, 5.41) is 0. The van der Waals surface area contributed by atoms with Gasteiger partial charge in [-0.25, -0.2) is 4.98 Å². The number of nitrogens with one attached hydrogen (secondary N) is 1. The minimum Gasteiger partial charge on any atom is -0.494 e. The maximum Gasteiger partial charge on any atom is 0.225 e. The van der Waals surface area contributed by atoms with E-state index in [1.165, 1.54) is 11.3 Å². The topological polar surface area (TPSA) is 58.2 Å². The molecule has 1 N–H and O–H groups in total. The van der Waals surface area contributed by atoms with E-state index in [1.54, 1.807) is 6.33 Å². The number of aryl methyl sites for hydroxylation is 2. The highest BCUT2D eigenvalue weighted by Crippen LogP contribution is 2.24. The van der Waals surface area contributed by atoms with E-state index in [2.05, 4.69) is 23.0 Å². The Morgan fingerprint density at radius 2 is 2.28 bits per heavy atom. The van der Waals surface area contributed by atoms with Gasteiger partial charge in [0.05, 0.1) is 18.6 Å². The molecule has 3 rings (SSSR count). The summed E-state index contributed by atoms with van der Waals surface area (Å²) in [6.07, 6.45) is 6.22. The molecule has 5 nitrogen and oxygen atoms in total. The Bertz CT molecular complexity index is 710. The lowest BCUT2D eigenvalue weighted by Gasteiger charge is -2.26. The average Bonchev–Trinajstić information content (AvgIpc) is 3.08. The molecule has 0 saturated carbocycles. The molecule has 1 aromatic heterocycles. The first kappa shape index (κ1) is 17.5. The van der Waals surface area contributed by atoms with Gasteiger partial charge in [0, 0.05) is 31.6 Å². The first-order chi connectivity index (χ1) is 12.1. The number of rotatable bonds is 7. The average molecular weight is 341 g/mol. The number of carbonyl (C=O) groups is 1. The highest BCUT2D eigenvalue weighted by atomic mass is 16.5. The van der Waals surface area contributed by atoms with E-state index in [-0.39, 0.29) is 11.8 Å². The number of unbranched alkanes of at least 4 members (excludes halogenated alkanes) is 1. The Labute approximate surface area is 149 Å². The van der Waals surface area contributed by atoms with Gasteiger partial charge in [0.15, 0.2) is 0 Å². The molecule has 1 aliphatic carbocycles. The van der Waals surface area contributed by atoms with Crippen LogP contribution >= 0.6 is 0 Å². The molecule has 0 saturated heterocycles. The van der Waals surface area contributed by atoms with Crippen molar-refractivity contribution in [2.45, 2.75) is 39.0 Å². The Morgan fingerprint density at radius 1 is 1.40 bits per heavy atom. The molecule has 134 valence electrons. The van der Waals surface area contributed by atoms with Crippen molar-refractivity contribution in [3.05, 3.63) is 47.5 Å². The fourth-order valence-electron chi connectivity index (χ4n) is 3.37. The lowest BCUT2D eigenvalue weighted by Crippen LogP contribution is -2.36. The van der Waals surface area contributed by atoms with E-state index in [1.807, 2.05) is 30.1 Å². The number of carbonyl (C=O) groups excluding carboxylic acids is 1. The van der Waals surface area contributed by atoms with Gasteiger partial charge in [-0.05, 0) is 50.3 Å². The summed E-state index contributed by atoms with van der Waals surface area (Å²) in [7, 11) is 1.91. The normalized spacial score (nSPS) is 16.3. The van der Waals surface area contributed by atoms with Crippen LogP contribution in [0.15, 0.2) is 30.6 Å². The monoisotopic (exact) mass is 341 g/mol. The molecule has 1 aliphatic rings. The van der Waals surface area contributed by atoms with Crippen molar-refractivity contribution >= 4 is 5.91 Å². The predicted octanol–water partition coefficient (Wildman–Crippen LogP) is 3.14. The fourth-order valence-corrected chi connectivity index (χ4v) is 3.37. The number of amides is 1. The van der Waals surface area contributed by atoms with Gasteiger partial charge in [-0.2, -0.15) is 0 Å². The quantitative estimate of drug-likeness (QED) is 0.787. The van der Waals surface area contributed by atoms with Crippen LogP contribution in [-0.4, -0.2) is 41.0 Å². The zero-order valence-corrected chi connectivity index (χ0v) is 15.1. The molecule has 1 unspecified atom stereocenters. The third kappa shape index (κ3) is 4.62. The van der Waals surface area contributed by atoms with Gasteiger partial charge >= 0.3 is 0 Å². The fraction of sp³-hybridized carbons (Fsp3) is 0.500. The molecule has 0 spiro atoms. The van der Waals surface area contributed by atoms with Crippen molar-refractivity contribution in [1.82, 2.24) is 14.9 Å². The van der Waals surface area contributed by atoms with E-state index in [9.17, 15) is 4.79 Å². The SMILES string of the molecule is Cc1cccc(OCCCCN(C)C(=O)C2CCc3[nH]cnc3C2)c1. The summed E-state index contributed by atoms with van der Waals surface area (Å²) >= 11 is 0. The summed E-state index contributed by atoms with van der Waals surface area (Å²) in [5.74, 6) is 1.24. The summed E-state index contributed by atoms with van der Waals surface area (Å²) < 4.78 is 5.76. The standard InChI is InChI=1S/C20H27N3O2/c1-15-6-5-7-17(12-15)25-11-4-3-10-23(2)20(24)16-8-9-18-19(13-16)22-14-21-18/h5-7,12,14,16H,3-4,8-11,13H2,1-2H3,(H,21,22). The van der Waals surface area contributed by atoms with Crippen LogP contribution in [0.1, 0.15) is 36.2 Å². The van der Waals surface area contributed by atoms with Gasteiger partial charge in [0.1, 0.15) is 5.75 Å². The Morgan fingerprint density at radius 3 is 3.12 bits per heavy atom. The van der Waals surface area contributed by atoms with E-state index in [0.29, 0.717) is 6.61 Å². The van der Waals surface area contributed by atoms with Crippen LogP contribution in [0.3, 0.4) is 0 Å². The molecule has 0 radical (unpaired) electrons. The Hall–Kier alpha value is -2.30. The van der Waals surface area contributed by atoms with Crippen LogP contribution in [0.5, 0.6) is 5.75 Å². The van der Waals surface area contributed by atoms with Crippen LogP contribution in [0, 0.1) is 12.8 Å². The van der Waals surface area contributed by atoms with Crippen LogP contribution < -0.4 is 4.74 Å². The van der Waals surface area contributed by atoms with Crippen LogP contribution in [0.25, 0.3) is 0 Å². The van der Waals surface area contributed by atoms with Crippen LogP contribution in [0.4, 0.5) is 0 Å². The van der Waals surface area contributed by atoms with E-state index in [4.69, 9.17) is 4.74 Å². The molecule has 0 aliphatic heterocycles. The van der Waals surface area contributed by atoms with Crippen molar-refractivity contribution in [3.63, 3.8) is 0 Å². The number of imidazole rings is 1. The van der Waals surface area contributed by atoms with Crippen molar-refractivity contribution in [2.24, 2.45) is 5.92 Å². The van der Waals surface area contributed by atoms with E-state index < -0.39 is 0 Å². The smallest absolute Gasteiger partial charge is 0.225 e. The van der Waals surface area contributed by atoms with Gasteiger partial charge in [0.25, 0.3) is 0 Å². The Balaban J connectivity index is 1.36. The van der Waals surface area contributed by atoms with E-state index >= 15 is 0 Å². The third-order valence-corrected chi connectivity index (χ3v) is 4.86. The van der Waals surface area contributed by atoms with Crippen molar-refractivity contribution in [1.29, 1.82) is 0 Å². The molecule has 0 bridgehead atoms. The second kappa shape index (κ2) is 8.19. The molecule has 1 heterocycles. The summed E-state index contributed by atoms with van der Waals surface area (Å²) in [4.78, 5) is 22.0. The van der Waals surface area contributed by atoms with Crippen molar-refractivity contribution in [2.75, 3.05) is 20.2 Å². The molecular formula is C20H27N3O2. The zero-order valence-electron chi connectivity index (χ0n) is 15.1. The Kier molecular flexibility index (Phi) is 5.74. The van der Waals surface area contributed by atoms with Crippen LogP contribution in [-0.2, 0) is 17.6 Å². The van der Waals surface area contributed by atoms with Crippen molar-refractivity contribution in [3.8, 4) is 5.75 Å². The molecular weight excluding hydrogens is 314 g/mol. The zero-order chi connectivity index (χ0) is 17.6. The summed E-state index contributed by atoms with van der Waals surface area (Å²) in [5.41, 5.74) is 3.46. The summed E-state index contributed by atoms with van der Waals surface area (Å²) in [6, 6.07) is 8.09. The second-order valence-electron chi connectivity index (χ2n) is 6.90. The minimum atomic E-state index is 0.0735. The number of hydrogen-bond acceptors (Lipinski definition) is 3. The first-order valence-corrected chi connectivity index (χ1v) is 9.09. The third-order valence-electron chi connectivity index (χ3n) is 4.86. The summed E-state index contributed by atoms with van der Waals surface area (Å²) in [6.45, 7) is 3.52. The molecule has 1 amide bonds. The molecule has 0 fully saturated rings. The number of ether oxygens (including phenoxy) is 1. The highest BCUT2D eigenvalue weighted by molar-refractivity contribution is 5.79. The minimum absolute atomic E-state index is 0.0735. The number of aromatic nitrogens is 2. The lowest BCUT2D eigenvalue weighted by atomic mass is 9.89. The number of aromatic amines is 1. The number of H-pyrrole nitrogens is 1. The predicted molar refractivity (Wildman–Crippen MR) is 97.6 cm³/mol. The molecule has 1 atom stereocenters. The second-order valence-corrected chi connectivity index (χ2v) is 6.90. The largest absolute Gasteiger partial charge is 0.494 e. The molecule has 5 heteroatoms. The van der Waals surface area contributed by atoms with Gasteiger partial charge in [-0.1, -0.05) is 12.1 Å². The number of benzene rings is 1. The molecule has 25 heavy (non-hydrogen) atoms. The number of fused-ring (bicyclic) bond motifs is 1. The molecule has 1 aromatic carbocycles. The van der Waals surface area contributed by atoms with Gasteiger partial charge in [-0.3, -0.25) is 4.79 Å². The van der Waals surface area contributed by atoms with Gasteiger partial charge in [0.2, 0.25) is 5.91 Å². The van der Waals surface area contributed by atoms with Crippen LogP contribution in [0.2, 0.25) is 0 Å². The van der Waals surface area contributed by atoms with Crippen molar-refractivity contribution < 1.29 is 9.53 Å². The number of nitrogens with zero attached hydrogens (tertiary/aromatic N) is 2. The van der Waals surface area contributed by atoms with E-state index in [0.717, 1.165) is 50.1 Å². The lowest BCUT2D eigenvalue weighted by molar-refractivity contribution is -0.134. The van der Waals surface area contributed by atoms with Gasteiger partial charge in [-0.15, -0.1) is 0 Å². The first-order valence-electron chi connectivity index (χ1n) is 9.09. The molecule has 2 aromatic rings. The maximum atomic E-state index is 12.6. The maximum absolute atomic E-state index is 12.6. The van der Waals surface area contributed by atoms with Gasteiger partial charge < -0.3 is 14.6 Å².